The van der Waals surface area contributed by atoms with Gasteiger partial charge in [-0.15, -0.1) is 0 Å². The van der Waals surface area contributed by atoms with Crippen molar-refractivity contribution in [2.45, 2.75) is 18.5 Å². The van der Waals surface area contributed by atoms with Gasteiger partial charge in [0, 0.05) is 5.56 Å². The van der Waals surface area contributed by atoms with Gasteiger partial charge >= 0.3 is 18.5 Å². The van der Waals surface area contributed by atoms with Gasteiger partial charge in [-0.2, -0.15) is 39.5 Å². The molecule has 0 heterocycles. The molecule has 0 aliphatic carbocycles. The molecular formula is C16H7F9O. The molecule has 2 aromatic carbocycles. The van der Waals surface area contributed by atoms with Crippen LogP contribution in [-0.4, -0.2) is 6.29 Å². The Labute approximate surface area is 140 Å². The molecule has 1 nitrogen and oxygen atoms in total. The number of hydrogen-bond donors (Lipinski definition) is 0. The summed E-state index contributed by atoms with van der Waals surface area (Å²) in [7, 11) is 0. The fourth-order valence-corrected chi connectivity index (χ4v) is 2.21. The van der Waals surface area contributed by atoms with Crippen LogP contribution in [0.2, 0.25) is 0 Å². The summed E-state index contributed by atoms with van der Waals surface area (Å²) in [6, 6.07) is 2.04. The Morgan fingerprint density at radius 2 is 1.08 bits per heavy atom. The topological polar surface area (TPSA) is 17.1 Å². The van der Waals surface area contributed by atoms with Gasteiger partial charge in [0.25, 0.3) is 0 Å². The smallest absolute Gasteiger partial charge is 0.298 e. The Balaban J connectivity index is 2.73. The van der Waals surface area contributed by atoms with Crippen molar-refractivity contribution in [2.75, 3.05) is 0 Å². The average molecular weight is 386 g/mol. The predicted molar refractivity (Wildman–Crippen MR) is 72.3 cm³/mol. The summed E-state index contributed by atoms with van der Waals surface area (Å²) < 4.78 is 115. The van der Waals surface area contributed by atoms with Crippen molar-refractivity contribution >= 4 is 6.29 Å². The first kappa shape index (κ1) is 19.8. The fraction of sp³-hybridized carbons (Fsp3) is 0.188. The molecule has 2 aromatic rings. The molecule has 0 N–H and O–H groups in total. The molecule has 0 bridgehead atoms. The Kier molecular flexibility index (Phi) is 4.82. The number of halogens is 9. The van der Waals surface area contributed by atoms with Gasteiger partial charge in [0.2, 0.25) is 0 Å². The zero-order chi connectivity index (χ0) is 19.9. The van der Waals surface area contributed by atoms with Crippen LogP contribution in [0.25, 0.3) is 11.1 Å². The number of carbonyl (C=O) groups excluding carboxylic acids is 1. The number of alkyl halides is 9. The SMILES string of the molecule is O=Cc1cc(C(F)(F)F)ccc1-c1cc(C(F)(F)F)cc(C(F)(F)F)c1. The molecule has 0 saturated heterocycles. The molecule has 140 valence electrons. The first-order valence-electron chi connectivity index (χ1n) is 6.70. The molecule has 0 fully saturated rings. The normalized spacial score (nSPS) is 13.0. The quantitative estimate of drug-likeness (QED) is 0.442. The molecule has 10 heteroatoms. The highest BCUT2D eigenvalue weighted by Crippen LogP contribution is 2.40. The number of aldehydes is 1. The van der Waals surface area contributed by atoms with Crippen molar-refractivity contribution < 1.29 is 44.3 Å². The fourth-order valence-electron chi connectivity index (χ4n) is 2.21. The van der Waals surface area contributed by atoms with Gasteiger partial charge in [-0.05, 0) is 41.5 Å². The number of hydrogen-bond acceptors (Lipinski definition) is 1. The Morgan fingerprint density at radius 1 is 0.615 bits per heavy atom. The van der Waals surface area contributed by atoms with Gasteiger partial charge < -0.3 is 0 Å². The molecule has 0 radical (unpaired) electrons. The largest absolute Gasteiger partial charge is 0.416 e. The molecule has 0 atom stereocenters. The summed E-state index contributed by atoms with van der Waals surface area (Å²) in [6.07, 6.45) is -15.1. The van der Waals surface area contributed by atoms with Gasteiger partial charge in [-0.3, -0.25) is 4.79 Å². The van der Waals surface area contributed by atoms with Crippen LogP contribution in [-0.2, 0) is 18.5 Å². The number of benzene rings is 2. The molecule has 0 aromatic heterocycles. The van der Waals surface area contributed by atoms with Crippen LogP contribution in [0, 0.1) is 0 Å². The molecule has 2 rings (SSSR count). The Bertz CT molecular complexity index is 797. The van der Waals surface area contributed by atoms with Crippen LogP contribution < -0.4 is 0 Å². The monoisotopic (exact) mass is 386 g/mol. The minimum atomic E-state index is -5.12. The van der Waals surface area contributed by atoms with E-state index in [9.17, 15) is 44.3 Å². The number of rotatable bonds is 2. The van der Waals surface area contributed by atoms with Crippen molar-refractivity contribution in [3.8, 4) is 11.1 Å². The van der Waals surface area contributed by atoms with Gasteiger partial charge in [0.05, 0.1) is 16.7 Å². The van der Waals surface area contributed by atoms with Crippen LogP contribution >= 0.6 is 0 Å². The molecule has 26 heavy (non-hydrogen) atoms. The minimum absolute atomic E-state index is 0.0713. The van der Waals surface area contributed by atoms with E-state index in [1.807, 2.05) is 0 Å². The van der Waals surface area contributed by atoms with E-state index in [2.05, 4.69) is 0 Å². The summed E-state index contributed by atoms with van der Waals surface area (Å²) in [5.74, 6) is 0. The first-order chi connectivity index (χ1) is 11.7. The van der Waals surface area contributed by atoms with Crippen LogP contribution in [0.15, 0.2) is 36.4 Å². The maximum absolute atomic E-state index is 12.9. The average Bonchev–Trinajstić information content (AvgIpc) is 2.51. The van der Waals surface area contributed by atoms with Gasteiger partial charge in [-0.25, -0.2) is 0 Å². The van der Waals surface area contributed by atoms with E-state index < -0.39 is 51.9 Å². The Morgan fingerprint density at radius 3 is 1.46 bits per heavy atom. The van der Waals surface area contributed by atoms with Crippen molar-refractivity contribution in [3.63, 3.8) is 0 Å². The molecular weight excluding hydrogens is 379 g/mol. The highest BCUT2D eigenvalue weighted by molar-refractivity contribution is 5.88. The third-order valence-corrected chi connectivity index (χ3v) is 3.40. The highest BCUT2D eigenvalue weighted by atomic mass is 19.4. The van der Waals surface area contributed by atoms with Crippen LogP contribution in [0.4, 0.5) is 39.5 Å². The van der Waals surface area contributed by atoms with Gasteiger partial charge in [0.15, 0.2) is 6.29 Å². The van der Waals surface area contributed by atoms with Crippen LogP contribution in [0.1, 0.15) is 27.0 Å². The van der Waals surface area contributed by atoms with Gasteiger partial charge in [-0.1, -0.05) is 6.07 Å². The zero-order valence-electron chi connectivity index (χ0n) is 12.4. The summed E-state index contributed by atoms with van der Waals surface area (Å²) in [6.45, 7) is 0. The van der Waals surface area contributed by atoms with E-state index in [-0.39, 0.29) is 12.4 Å². The summed E-state index contributed by atoms with van der Waals surface area (Å²) in [4.78, 5) is 11.0. The lowest BCUT2D eigenvalue weighted by molar-refractivity contribution is -0.143. The van der Waals surface area contributed by atoms with E-state index in [0.29, 0.717) is 30.3 Å². The van der Waals surface area contributed by atoms with E-state index in [1.165, 1.54) is 0 Å². The maximum Gasteiger partial charge on any atom is 0.416 e. The Hall–Kier alpha value is -2.52. The first-order valence-corrected chi connectivity index (χ1v) is 6.70. The lowest BCUT2D eigenvalue weighted by Crippen LogP contribution is -2.11. The summed E-state index contributed by atoms with van der Waals surface area (Å²) in [5, 5.41) is 0. The van der Waals surface area contributed by atoms with E-state index in [1.54, 1.807) is 0 Å². The predicted octanol–water partition coefficient (Wildman–Crippen LogP) is 6.22. The molecule has 0 aliphatic rings. The highest BCUT2D eigenvalue weighted by Gasteiger charge is 2.37. The van der Waals surface area contributed by atoms with Crippen molar-refractivity contribution in [1.82, 2.24) is 0 Å². The number of carbonyl (C=O) groups is 1. The van der Waals surface area contributed by atoms with Crippen LogP contribution in [0.3, 0.4) is 0 Å². The summed E-state index contributed by atoms with van der Waals surface area (Å²) >= 11 is 0. The molecule has 0 aliphatic heterocycles. The molecule has 0 saturated carbocycles. The molecule has 0 spiro atoms. The van der Waals surface area contributed by atoms with Crippen LogP contribution in [0.5, 0.6) is 0 Å². The van der Waals surface area contributed by atoms with Crippen molar-refractivity contribution in [2.24, 2.45) is 0 Å². The lowest BCUT2D eigenvalue weighted by atomic mass is 9.94. The third kappa shape index (κ3) is 4.17. The van der Waals surface area contributed by atoms with Crippen molar-refractivity contribution in [3.05, 3.63) is 58.7 Å². The minimum Gasteiger partial charge on any atom is -0.298 e. The third-order valence-electron chi connectivity index (χ3n) is 3.40. The van der Waals surface area contributed by atoms with E-state index in [4.69, 9.17) is 0 Å². The lowest BCUT2D eigenvalue weighted by Gasteiger charge is -2.16. The van der Waals surface area contributed by atoms with E-state index in [0.717, 1.165) is 0 Å². The zero-order valence-corrected chi connectivity index (χ0v) is 12.4. The summed E-state index contributed by atoms with van der Waals surface area (Å²) in [5.41, 5.74) is -6.38. The van der Waals surface area contributed by atoms with E-state index >= 15 is 0 Å². The standard InChI is InChI=1S/C16H7F9O/c17-14(18,19)10-1-2-13(9(5-10)7-26)8-3-11(15(20,21)22)6-12(4-8)16(23,24)25/h1-7H. The second-order valence-electron chi connectivity index (χ2n) is 5.21. The maximum atomic E-state index is 12.9. The molecule has 0 amide bonds. The second-order valence-corrected chi connectivity index (χ2v) is 5.21. The van der Waals surface area contributed by atoms with Crippen molar-refractivity contribution in [1.29, 1.82) is 0 Å². The van der Waals surface area contributed by atoms with Gasteiger partial charge in [0.1, 0.15) is 0 Å². The second kappa shape index (κ2) is 6.33. The molecule has 0 unspecified atom stereocenters.